The van der Waals surface area contributed by atoms with Gasteiger partial charge in [-0.3, -0.25) is 9.59 Å². The number of aliphatic hydroxyl groups is 1. The maximum absolute atomic E-state index is 13.3. The number of hydrogen-bond donors (Lipinski definition) is 2. The van der Waals surface area contributed by atoms with Crippen LogP contribution in [-0.4, -0.2) is 59.2 Å². The van der Waals surface area contributed by atoms with Crippen molar-refractivity contribution in [3.63, 3.8) is 0 Å². The van der Waals surface area contributed by atoms with Gasteiger partial charge in [-0.25, -0.2) is 0 Å². The van der Waals surface area contributed by atoms with E-state index >= 15 is 0 Å². The lowest BCUT2D eigenvalue weighted by Gasteiger charge is -2.27. The molecule has 34 heavy (non-hydrogen) atoms. The van der Waals surface area contributed by atoms with E-state index in [-0.39, 0.29) is 24.0 Å². The van der Waals surface area contributed by atoms with Crippen LogP contribution >= 0.6 is 0 Å². The van der Waals surface area contributed by atoms with E-state index in [4.69, 9.17) is 14.2 Å². The molecule has 0 bridgehead atoms. The number of benzene rings is 2. The summed E-state index contributed by atoms with van der Waals surface area (Å²) >= 11 is 0. The fourth-order valence-corrected chi connectivity index (χ4v) is 5.07. The third-order valence-electron chi connectivity index (χ3n) is 6.70. The van der Waals surface area contributed by atoms with Crippen LogP contribution in [0.25, 0.3) is 16.7 Å². The van der Waals surface area contributed by atoms with Gasteiger partial charge in [0, 0.05) is 41.4 Å². The zero-order valence-corrected chi connectivity index (χ0v) is 18.5. The summed E-state index contributed by atoms with van der Waals surface area (Å²) in [5.74, 6) is -0.506. The highest BCUT2D eigenvalue weighted by molar-refractivity contribution is 6.46. The van der Waals surface area contributed by atoms with Gasteiger partial charge < -0.3 is 29.2 Å². The summed E-state index contributed by atoms with van der Waals surface area (Å²) in [4.78, 5) is 31.3. The second kappa shape index (κ2) is 8.22. The second-order valence-electron chi connectivity index (χ2n) is 8.73. The van der Waals surface area contributed by atoms with Crippen LogP contribution in [0.4, 0.5) is 0 Å². The number of likely N-dealkylation sites (tertiary alicyclic amines) is 1. The number of rotatable bonds is 4. The van der Waals surface area contributed by atoms with Crippen molar-refractivity contribution in [3.8, 4) is 11.5 Å². The van der Waals surface area contributed by atoms with E-state index in [0.29, 0.717) is 36.9 Å². The molecule has 2 N–H and O–H groups in total. The Morgan fingerprint density at radius 2 is 1.88 bits per heavy atom. The summed E-state index contributed by atoms with van der Waals surface area (Å²) in [6.07, 6.45) is 3.41. The summed E-state index contributed by atoms with van der Waals surface area (Å²) in [6.45, 7) is 1.78. The van der Waals surface area contributed by atoms with Gasteiger partial charge in [-0.2, -0.15) is 0 Å². The Hall–Kier alpha value is -3.78. The number of carbonyl (C=O) groups is 2. The van der Waals surface area contributed by atoms with Crippen molar-refractivity contribution in [1.29, 1.82) is 0 Å². The van der Waals surface area contributed by atoms with Gasteiger partial charge in [0.25, 0.3) is 11.7 Å². The Morgan fingerprint density at radius 1 is 1.06 bits per heavy atom. The molecule has 1 amide bonds. The topological polar surface area (TPSA) is 101 Å². The zero-order chi connectivity index (χ0) is 23.2. The predicted octanol–water partition coefficient (Wildman–Crippen LogP) is 3.54. The number of para-hydroxylation sites is 1. The number of amides is 1. The molecule has 3 aromatic rings. The number of aliphatic hydroxyl groups excluding tert-OH is 1. The Bertz CT molecular complexity index is 1320. The summed E-state index contributed by atoms with van der Waals surface area (Å²) in [6, 6.07) is 12.0. The number of fused-ring (bicyclic) bond motifs is 2. The number of ketones is 1. The van der Waals surface area contributed by atoms with Crippen LogP contribution in [-0.2, 0) is 14.3 Å². The highest BCUT2D eigenvalue weighted by Crippen LogP contribution is 2.43. The molecule has 1 aromatic heterocycles. The number of aromatic amines is 1. The minimum absolute atomic E-state index is 0.0597. The van der Waals surface area contributed by atoms with Crippen molar-refractivity contribution in [1.82, 2.24) is 9.88 Å². The van der Waals surface area contributed by atoms with Crippen molar-refractivity contribution in [2.45, 2.75) is 25.0 Å². The van der Waals surface area contributed by atoms with Crippen LogP contribution in [0, 0.1) is 0 Å². The minimum atomic E-state index is -0.742. The molecule has 2 atom stereocenters. The first-order valence-electron chi connectivity index (χ1n) is 11.5. The lowest BCUT2D eigenvalue weighted by Crippen LogP contribution is -2.36. The Morgan fingerprint density at radius 3 is 2.71 bits per heavy atom. The van der Waals surface area contributed by atoms with E-state index in [1.165, 1.54) is 4.90 Å². The first kappa shape index (κ1) is 20.8. The van der Waals surface area contributed by atoms with Crippen molar-refractivity contribution < 1.29 is 28.9 Å². The van der Waals surface area contributed by atoms with Crippen LogP contribution in [0.15, 0.2) is 54.2 Å². The van der Waals surface area contributed by atoms with E-state index in [1.807, 2.05) is 24.3 Å². The number of nitrogens with zero attached hydrogens (tertiary/aromatic N) is 1. The van der Waals surface area contributed by atoms with Gasteiger partial charge in [-0.1, -0.05) is 18.2 Å². The maximum atomic E-state index is 13.3. The number of carbonyl (C=O) groups excluding carboxylic acids is 2. The van der Waals surface area contributed by atoms with E-state index in [9.17, 15) is 14.7 Å². The lowest BCUT2D eigenvalue weighted by atomic mass is 9.94. The molecule has 3 aliphatic rings. The van der Waals surface area contributed by atoms with E-state index < -0.39 is 17.7 Å². The highest BCUT2D eigenvalue weighted by Gasteiger charge is 2.47. The molecule has 4 heterocycles. The minimum Gasteiger partial charge on any atom is -0.507 e. The molecule has 8 nitrogen and oxygen atoms in total. The number of hydrogen-bond acceptors (Lipinski definition) is 6. The Balaban J connectivity index is 1.50. The first-order chi connectivity index (χ1) is 16.6. The van der Waals surface area contributed by atoms with Gasteiger partial charge in [0.15, 0.2) is 11.5 Å². The molecule has 6 rings (SSSR count). The van der Waals surface area contributed by atoms with Crippen molar-refractivity contribution in [2.75, 3.05) is 26.4 Å². The predicted molar refractivity (Wildman–Crippen MR) is 124 cm³/mol. The van der Waals surface area contributed by atoms with E-state index in [2.05, 4.69) is 4.98 Å². The molecule has 0 saturated carbocycles. The molecule has 2 unspecified atom stereocenters. The zero-order valence-electron chi connectivity index (χ0n) is 18.5. The third-order valence-corrected chi connectivity index (χ3v) is 6.70. The molecular weight excluding hydrogens is 436 g/mol. The fraction of sp³-hybridized carbons (Fsp3) is 0.308. The third kappa shape index (κ3) is 3.33. The van der Waals surface area contributed by atoms with Crippen LogP contribution < -0.4 is 9.47 Å². The molecule has 0 radical (unpaired) electrons. The van der Waals surface area contributed by atoms with E-state index in [1.54, 1.807) is 24.4 Å². The number of aromatic nitrogens is 1. The van der Waals surface area contributed by atoms with Crippen molar-refractivity contribution in [3.05, 3.63) is 65.4 Å². The maximum Gasteiger partial charge on any atom is 0.295 e. The normalized spacial score (nSPS) is 23.7. The van der Waals surface area contributed by atoms with Crippen molar-refractivity contribution >= 4 is 28.4 Å². The van der Waals surface area contributed by atoms with Crippen LogP contribution in [0.5, 0.6) is 11.5 Å². The molecule has 3 aliphatic heterocycles. The highest BCUT2D eigenvalue weighted by atomic mass is 16.6. The summed E-state index contributed by atoms with van der Waals surface area (Å²) < 4.78 is 17.0. The molecule has 2 saturated heterocycles. The quantitative estimate of drug-likeness (QED) is 0.351. The smallest absolute Gasteiger partial charge is 0.295 e. The standard InChI is InChI=1S/C26H24N2O6/c29-24(15-7-8-20-21(12-15)34-11-10-33-20)22-23(18-13-27-19-6-2-1-5-17(18)19)28(26(31)25(22)30)14-16-4-3-9-32-16/h1-2,5-8,12-13,16,23,27,29H,3-4,9-11,14H2/b24-22+. The first-order valence-corrected chi connectivity index (χ1v) is 11.5. The van der Waals surface area contributed by atoms with E-state index in [0.717, 1.165) is 29.3 Å². The van der Waals surface area contributed by atoms with Crippen LogP contribution in [0.1, 0.15) is 30.0 Å². The lowest BCUT2D eigenvalue weighted by molar-refractivity contribution is -0.140. The summed E-state index contributed by atoms with van der Waals surface area (Å²) in [7, 11) is 0. The molecule has 0 aliphatic carbocycles. The number of Topliss-reactive ketones (excluding diaryl/α,β-unsaturated/α-hetero) is 1. The average Bonchev–Trinajstić information content (AvgIpc) is 3.59. The van der Waals surface area contributed by atoms with Gasteiger partial charge in [0.1, 0.15) is 19.0 Å². The molecule has 8 heteroatoms. The molecule has 2 aromatic carbocycles. The number of H-pyrrole nitrogens is 1. The van der Waals surface area contributed by atoms with Crippen molar-refractivity contribution in [2.24, 2.45) is 0 Å². The van der Waals surface area contributed by atoms with Gasteiger partial charge in [-0.15, -0.1) is 0 Å². The second-order valence-corrected chi connectivity index (χ2v) is 8.73. The number of nitrogens with one attached hydrogen (secondary N) is 1. The Labute approximate surface area is 195 Å². The molecular formula is C26H24N2O6. The Kier molecular flexibility index (Phi) is 5.03. The number of ether oxygens (including phenoxy) is 3. The van der Waals surface area contributed by atoms with Gasteiger partial charge in [-0.05, 0) is 37.1 Å². The van der Waals surface area contributed by atoms with Crippen LogP contribution in [0.2, 0.25) is 0 Å². The summed E-state index contributed by atoms with van der Waals surface area (Å²) in [5, 5.41) is 12.3. The molecule has 0 spiro atoms. The van der Waals surface area contributed by atoms with Gasteiger partial charge in [0.2, 0.25) is 0 Å². The average molecular weight is 460 g/mol. The fourth-order valence-electron chi connectivity index (χ4n) is 5.07. The van der Waals surface area contributed by atoms with Gasteiger partial charge in [0.05, 0.1) is 17.7 Å². The van der Waals surface area contributed by atoms with Crippen LogP contribution in [0.3, 0.4) is 0 Å². The monoisotopic (exact) mass is 460 g/mol. The molecule has 2 fully saturated rings. The molecule has 174 valence electrons. The largest absolute Gasteiger partial charge is 0.507 e. The SMILES string of the molecule is O=C1C(=O)N(CC2CCCO2)C(c2c[nH]c3ccccc23)/C1=C(\O)c1ccc2c(c1)OCCO2. The van der Waals surface area contributed by atoms with Gasteiger partial charge >= 0.3 is 0 Å². The summed E-state index contributed by atoms with van der Waals surface area (Å²) in [5.41, 5.74) is 2.10.